The van der Waals surface area contributed by atoms with Gasteiger partial charge in [0.1, 0.15) is 6.10 Å². The molecule has 0 aliphatic rings. The van der Waals surface area contributed by atoms with Crippen molar-refractivity contribution in [2.24, 2.45) is 11.1 Å². The summed E-state index contributed by atoms with van der Waals surface area (Å²) in [6, 6.07) is 5.53. The van der Waals surface area contributed by atoms with E-state index in [1.807, 2.05) is 24.3 Å². The summed E-state index contributed by atoms with van der Waals surface area (Å²) in [6.45, 7) is 6.29. The Labute approximate surface area is 147 Å². The SMILES string of the molecule is CC(C)(C)C=CC[C@H](OC(N)=O)c1cc(-c2ccncc2N)ccn1. The van der Waals surface area contributed by atoms with E-state index in [1.165, 1.54) is 0 Å². The number of ether oxygens (including phenoxy) is 1. The van der Waals surface area contributed by atoms with Gasteiger partial charge in [0.05, 0.1) is 17.6 Å². The quantitative estimate of drug-likeness (QED) is 0.804. The maximum absolute atomic E-state index is 11.3. The number of amides is 1. The van der Waals surface area contributed by atoms with Gasteiger partial charge in [0.15, 0.2) is 0 Å². The number of primary amides is 1. The van der Waals surface area contributed by atoms with Crippen molar-refractivity contribution in [3.05, 3.63) is 54.6 Å². The fourth-order valence-corrected chi connectivity index (χ4v) is 2.38. The van der Waals surface area contributed by atoms with Gasteiger partial charge in [0.2, 0.25) is 0 Å². The summed E-state index contributed by atoms with van der Waals surface area (Å²) in [4.78, 5) is 19.6. The fraction of sp³-hybridized carbons (Fsp3) is 0.316. The average Bonchev–Trinajstić information content (AvgIpc) is 2.53. The van der Waals surface area contributed by atoms with Gasteiger partial charge in [-0.1, -0.05) is 32.9 Å². The van der Waals surface area contributed by atoms with Gasteiger partial charge in [-0.3, -0.25) is 9.97 Å². The van der Waals surface area contributed by atoms with Crippen LogP contribution in [0.2, 0.25) is 0 Å². The molecule has 1 amide bonds. The predicted molar refractivity (Wildman–Crippen MR) is 98.5 cm³/mol. The molecule has 6 heteroatoms. The highest BCUT2D eigenvalue weighted by Crippen LogP contribution is 2.29. The molecule has 6 nitrogen and oxygen atoms in total. The van der Waals surface area contributed by atoms with Crippen LogP contribution in [0.5, 0.6) is 0 Å². The molecule has 0 aliphatic heterocycles. The highest BCUT2D eigenvalue weighted by atomic mass is 16.6. The predicted octanol–water partition coefficient (Wildman–Crippen LogP) is 3.85. The normalized spacial score (nSPS) is 12.9. The minimum Gasteiger partial charge on any atom is -0.440 e. The van der Waals surface area contributed by atoms with Crippen LogP contribution in [-0.2, 0) is 4.74 Å². The molecule has 0 fully saturated rings. The van der Waals surface area contributed by atoms with Gasteiger partial charge in [-0.15, -0.1) is 0 Å². The number of hydrogen-bond acceptors (Lipinski definition) is 5. The molecule has 2 aromatic rings. The molecule has 0 unspecified atom stereocenters. The van der Waals surface area contributed by atoms with Crippen LogP contribution in [0.15, 0.2) is 48.9 Å². The lowest BCUT2D eigenvalue weighted by molar-refractivity contribution is 0.106. The molecule has 132 valence electrons. The minimum absolute atomic E-state index is 0.0397. The third-order valence-corrected chi connectivity index (χ3v) is 3.50. The van der Waals surface area contributed by atoms with Crippen LogP contribution in [0.3, 0.4) is 0 Å². The number of carbonyl (C=O) groups is 1. The molecule has 2 heterocycles. The van der Waals surface area contributed by atoms with Crippen LogP contribution in [0.4, 0.5) is 10.5 Å². The summed E-state index contributed by atoms with van der Waals surface area (Å²) < 4.78 is 5.25. The first kappa shape index (κ1) is 18.4. The summed E-state index contributed by atoms with van der Waals surface area (Å²) in [5, 5.41) is 0. The van der Waals surface area contributed by atoms with Crippen molar-refractivity contribution in [2.45, 2.75) is 33.3 Å². The van der Waals surface area contributed by atoms with Crippen LogP contribution in [0.1, 0.15) is 39.0 Å². The van der Waals surface area contributed by atoms with Crippen molar-refractivity contribution in [3.8, 4) is 11.1 Å². The lowest BCUT2D eigenvalue weighted by Crippen LogP contribution is -2.18. The number of nitrogens with two attached hydrogens (primary N) is 2. The number of pyridine rings is 2. The first-order chi connectivity index (χ1) is 11.8. The summed E-state index contributed by atoms with van der Waals surface area (Å²) in [7, 11) is 0. The first-order valence-electron chi connectivity index (χ1n) is 8.06. The Balaban J connectivity index is 2.31. The number of carbonyl (C=O) groups excluding carboxylic acids is 1. The van der Waals surface area contributed by atoms with Gasteiger partial charge >= 0.3 is 6.09 Å². The maximum Gasteiger partial charge on any atom is 0.405 e. The van der Waals surface area contributed by atoms with E-state index in [9.17, 15) is 4.79 Å². The van der Waals surface area contributed by atoms with Gasteiger partial charge in [0, 0.05) is 24.4 Å². The van der Waals surface area contributed by atoms with Crippen LogP contribution >= 0.6 is 0 Å². The second-order valence-electron chi connectivity index (χ2n) is 6.86. The van der Waals surface area contributed by atoms with E-state index in [2.05, 4.69) is 36.8 Å². The molecule has 25 heavy (non-hydrogen) atoms. The van der Waals surface area contributed by atoms with Gasteiger partial charge in [0.25, 0.3) is 0 Å². The van der Waals surface area contributed by atoms with E-state index in [0.29, 0.717) is 17.8 Å². The Morgan fingerprint density at radius 3 is 2.72 bits per heavy atom. The molecule has 0 spiro atoms. The van der Waals surface area contributed by atoms with E-state index in [-0.39, 0.29) is 5.41 Å². The van der Waals surface area contributed by atoms with Crippen molar-refractivity contribution in [1.29, 1.82) is 0 Å². The topological polar surface area (TPSA) is 104 Å². The molecule has 0 aromatic carbocycles. The number of rotatable bonds is 5. The Kier molecular flexibility index (Phi) is 5.75. The molecule has 2 aromatic heterocycles. The van der Waals surface area contributed by atoms with E-state index in [4.69, 9.17) is 16.2 Å². The smallest absolute Gasteiger partial charge is 0.405 e. The molecule has 1 atom stereocenters. The minimum atomic E-state index is -0.829. The molecular weight excluding hydrogens is 316 g/mol. The lowest BCUT2D eigenvalue weighted by Gasteiger charge is -2.17. The van der Waals surface area contributed by atoms with E-state index in [0.717, 1.165) is 11.1 Å². The maximum atomic E-state index is 11.3. The van der Waals surface area contributed by atoms with Crippen LogP contribution in [-0.4, -0.2) is 16.1 Å². The van der Waals surface area contributed by atoms with Crippen molar-refractivity contribution in [1.82, 2.24) is 9.97 Å². The molecule has 4 N–H and O–H groups in total. The number of nitrogens with zero attached hydrogens (tertiary/aromatic N) is 2. The average molecular weight is 340 g/mol. The zero-order valence-corrected chi connectivity index (χ0v) is 14.8. The van der Waals surface area contributed by atoms with Crippen molar-refractivity contribution < 1.29 is 9.53 Å². The second kappa shape index (κ2) is 7.79. The van der Waals surface area contributed by atoms with Crippen LogP contribution in [0, 0.1) is 5.41 Å². The lowest BCUT2D eigenvalue weighted by atomic mass is 9.95. The molecule has 0 radical (unpaired) electrons. The summed E-state index contributed by atoms with van der Waals surface area (Å²) in [6.07, 6.45) is 8.08. The Bertz CT molecular complexity index is 766. The van der Waals surface area contributed by atoms with Gasteiger partial charge in [-0.2, -0.15) is 0 Å². The third kappa shape index (κ3) is 5.60. The highest BCUT2D eigenvalue weighted by Gasteiger charge is 2.17. The number of nitrogen functional groups attached to an aromatic ring is 1. The van der Waals surface area contributed by atoms with E-state index < -0.39 is 12.2 Å². The standard InChI is InChI=1S/C19H24N4O2/c1-19(2,3)8-4-5-17(25-18(21)24)16-11-13(6-10-23-16)14-7-9-22-12-15(14)20/h4,6-12,17H,5,20H2,1-3H3,(H2,21,24)/t17-/m0/s1. The van der Waals surface area contributed by atoms with Gasteiger partial charge in [-0.25, -0.2) is 4.79 Å². The van der Waals surface area contributed by atoms with Crippen molar-refractivity contribution in [3.63, 3.8) is 0 Å². The molecule has 0 saturated carbocycles. The first-order valence-corrected chi connectivity index (χ1v) is 8.06. The Morgan fingerprint density at radius 1 is 1.32 bits per heavy atom. The third-order valence-electron chi connectivity index (χ3n) is 3.50. The fourth-order valence-electron chi connectivity index (χ4n) is 2.38. The van der Waals surface area contributed by atoms with Crippen LogP contribution < -0.4 is 11.5 Å². The monoisotopic (exact) mass is 340 g/mol. The molecule has 0 saturated heterocycles. The Morgan fingerprint density at radius 2 is 2.08 bits per heavy atom. The second-order valence-corrected chi connectivity index (χ2v) is 6.86. The summed E-state index contributed by atoms with van der Waals surface area (Å²) >= 11 is 0. The molecule has 2 rings (SSSR count). The molecule has 0 bridgehead atoms. The van der Waals surface area contributed by atoms with E-state index >= 15 is 0 Å². The van der Waals surface area contributed by atoms with Gasteiger partial charge < -0.3 is 16.2 Å². The van der Waals surface area contributed by atoms with Crippen molar-refractivity contribution in [2.75, 3.05) is 5.73 Å². The van der Waals surface area contributed by atoms with Crippen molar-refractivity contribution >= 4 is 11.8 Å². The summed E-state index contributed by atoms with van der Waals surface area (Å²) in [5.74, 6) is 0. The van der Waals surface area contributed by atoms with Crippen LogP contribution in [0.25, 0.3) is 11.1 Å². The largest absolute Gasteiger partial charge is 0.440 e. The number of anilines is 1. The number of aromatic nitrogens is 2. The van der Waals surface area contributed by atoms with E-state index in [1.54, 1.807) is 18.6 Å². The number of allylic oxidation sites excluding steroid dienone is 1. The zero-order chi connectivity index (χ0) is 18.4. The summed E-state index contributed by atoms with van der Waals surface area (Å²) in [5.41, 5.74) is 14.2. The molecule has 0 aliphatic carbocycles. The zero-order valence-electron chi connectivity index (χ0n) is 14.8. The Hall–Kier alpha value is -2.89. The highest BCUT2D eigenvalue weighted by molar-refractivity contribution is 5.75. The number of hydrogen-bond donors (Lipinski definition) is 2. The molecular formula is C19H24N4O2. The van der Waals surface area contributed by atoms with Gasteiger partial charge in [-0.05, 0) is 29.2 Å².